The van der Waals surface area contributed by atoms with E-state index in [1.165, 1.54) is 30.4 Å². The summed E-state index contributed by atoms with van der Waals surface area (Å²) in [5.41, 5.74) is 2.68. The van der Waals surface area contributed by atoms with Gasteiger partial charge in [-0.2, -0.15) is 0 Å². The zero-order valence-electron chi connectivity index (χ0n) is 13.9. The van der Waals surface area contributed by atoms with Gasteiger partial charge in [-0.25, -0.2) is 0 Å². The van der Waals surface area contributed by atoms with Crippen LogP contribution in [-0.2, 0) is 4.79 Å². The molecule has 2 heterocycles. The molecule has 0 saturated carbocycles. The molecule has 1 aromatic rings. The minimum absolute atomic E-state index is 0.325. The van der Waals surface area contributed by atoms with E-state index in [-0.39, 0.29) is 0 Å². The fourth-order valence-electron chi connectivity index (χ4n) is 3.96. The van der Waals surface area contributed by atoms with Gasteiger partial charge in [-0.3, -0.25) is 9.69 Å². The minimum atomic E-state index is 0.325. The molecular weight excluding hydrogens is 272 g/mol. The Labute approximate surface area is 134 Å². The molecule has 0 aromatic heterocycles. The third kappa shape index (κ3) is 3.52. The standard InChI is InChI=1S/C19H28N2O/c1-15-6-3-8-17(12-15)18-9-5-10-20(18)14-19(22)21-11-4-7-16(2)13-21/h3,6,8,12,16,18H,4-5,7,9-11,13-14H2,1-2H3/t16-,18-/m1/s1. The number of piperidine rings is 1. The van der Waals surface area contributed by atoms with Gasteiger partial charge in [-0.1, -0.05) is 36.8 Å². The van der Waals surface area contributed by atoms with Crippen molar-refractivity contribution in [2.75, 3.05) is 26.2 Å². The second kappa shape index (κ2) is 6.82. The molecule has 2 aliphatic rings. The Morgan fingerprint density at radius 1 is 1.23 bits per heavy atom. The largest absolute Gasteiger partial charge is 0.341 e. The highest BCUT2D eigenvalue weighted by atomic mass is 16.2. The molecule has 1 amide bonds. The van der Waals surface area contributed by atoms with Crippen molar-refractivity contribution >= 4 is 5.91 Å². The Bertz CT molecular complexity index is 528. The Kier molecular flexibility index (Phi) is 4.82. The Morgan fingerprint density at radius 3 is 2.82 bits per heavy atom. The summed E-state index contributed by atoms with van der Waals surface area (Å²) in [6.45, 7) is 7.93. The zero-order valence-corrected chi connectivity index (χ0v) is 13.9. The lowest BCUT2D eigenvalue weighted by molar-refractivity contribution is -0.134. The average Bonchev–Trinajstić information content (AvgIpc) is 2.95. The Balaban J connectivity index is 1.64. The molecule has 3 rings (SSSR count). The summed E-state index contributed by atoms with van der Waals surface area (Å²) in [4.78, 5) is 17.1. The van der Waals surface area contributed by atoms with Crippen LogP contribution in [0.4, 0.5) is 0 Å². The van der Waals surface area contributed by atoms with E-state index < -0.39 is 0 Å². The van der Waals surface area contributed by atoms with Crippen molar-refractivity contribution in [3.8, 4) is 0 Å². The van der Waals surface area contributed by atoms with E-state index >= 15 is 0 Å². The van der Waals surface area contributed by atoms with Crippen molar-refractivity contribution in [2.45, 2.75) is 45.6 Å². The highest BCUT2D eigenvalue weighted by Gasteiger charge is 2.30. The molecule has 2 saturated heterocycles. The highest BCUT2D eigenvalue weighted by Crippen LogP contribution is 2.32. The molecule has 0 spiro atoms. The molecule has 0 unspecified atom stereocenters. The number of likely N-dealkylation sites (tertiary alicyclic amines) is 2. The summed E-state index contributed by atoms with van der Waals surface area (Å²) >= 11 is 0. The van der Waals surface area contributed by atoms with E-state index in [1.54, 1.807) is 0 Å². The molecule has 0 bridgehead atoms. The van der Waals surface area contributed by atoms with Crippen LogP contribution in [0.25, 0.3) is 0 Å². The molecule has 1 aromatic carbocycles. The third-order valence-electron chi connectivity index (χ3n) is 5.14. The lowest BCUT2D eigenvalue weighted by Gasteiger charge is -2.33. The van der Waals surface area contributed by atoms with Crippen LogP contribution in [-0.4, -0.2) is 41.9 Å². The van der Waals surface area contributed by atoms with Gasteiger partial charge in [0.05, 0.1) is 6.54 Å². The van der Waals surface area contributed by atoms with E-state index in [2.05, 4.69) is 47.9 Å². The summed E-state index contributed by atoms with van der Waals surface area (Å²) in [6, 6.07) is 9.18. The predicted octanol–water partition coefficient (Wildman–Crippen LogP) is 3.39. The molecule has 0 N–H and O–H groups in total. The lowest BCUT2D eigenvalue weighted by Crippen LogP contribution is -2.44. The lowest BCUT2D eigenvalue weighted by atomic mass is 10.00. The quantitative estimate of drug-likeness (QED) is 0.854. The van der Waals surface area contributed by atoms with Crippen LogP contribution in [0.3, 0.4) is 0 Å². The summed E-state index contributed by atoms with van der Waals surface area (Å²) in [7, 11) is 0. The predicted molar refractivity (Wildman–Crippen MR) is 89.7 cm³/mol. The molecule has 2 atom stereocenters. The molecule has 120 valence electrons. The summed E-state index contributed by atoms with van der Waals surface area (Å²) in [5.74, 6) is 0.981. The van der Waals surface area contributed by atoms with E-state index in [4.69, 9.17) is 0 Å². The molecule has 2 fully saturated rings. The second-order valence-electron chi connectivity index (χ2n) is 7.13. The van der Waals surface area contributed by atoms with Crippen LogP contribution in [0, 0.1) is 12.8 Å². The number of carbonyl (C=O) groups is 1. The fraction of sp³-hybridized carbons (Fsp3) is 0.632. The van der Waals surface area contributed by atoms with E-state index in [0.717, 1.165) is 26.1 Å². The Morgan fingerprint density at radius 2 is 2.05 bits per heavy atom. The number of hydrogen-bond donors (Lipinski definition) is 0. The first kappa shape index (κ1) is 15.5. The topological polar surface area (TPSA) is 23.6 Å². The number of hydrogen-bond acceptors (Lipinski definition) is 2. The van der Waals surface area contributed by atoms with Crippen LogP contribution < -0.4 is 0 Å². The van der Waals surface area contributed by atoms with Gasteiger partial charge < -0.3 is 4.90 Å². The van der Waals surface area contributed by atoms with Gasteiger partial charge in [-0.15, -0.1) is 0 Å². The van der Waals surface area contributed by atoms with Crippen LogP contribution in [0.15, 0.2) is 24.3 Å². The number of amides is 1. The van der Waals surface area contributed by atoms with Crippen molar-refractivity contribution < 1.29 is 4.79 Å². The van der Waals surface area contributed by atoms with Crippen LogP contribution in [0.2, 0.25) is 0 Å². The number of rotatable bonds is 3. The second-order valence-corrected chi connectivity index (χ2v) is 7.13. The first-order valence-corrected chi connectivity index (χ1v) is 8.72. The van der Waals surface area contributed by atoms with Gasteiger partial charge in [0.1, 0.15) is 0 Å². The maximum Gasteiger partial charge on any atom is 0.236 e. The highest BCUT2D eigenvalue weighted by molar-refractivity contribution is 5.78. The summed E-state index contributed by atoms with van der Waals surface area (Å²) in [5, 5.41) is 0. The van der Waals surface area contributed by atoms with Crippen LogP contribution >= 0.6 is 0 Å². The monoisotopic (exact) mass is 300 g/mol. The molecule has 0 radical (unpaired) electrons. The Hall–Kier alpha value is -1.35. The van der Waals surface area contributed by atoms with Gasteiger partial charge in [0, 0.05) is 19.1 Å². The number of nitrogens with zero attached hydrogens (tertiary/aromatic N) is 2. The third-order valence-corrected chi connectivity index (χ3v) is 5.14. The smallest absolute Gasteiger partial charge is 0.236 e. The minimum Gasteiger partial charge on any atom is -0.341 e. The first-order valence-electron chi connectivity index (χ1n) is 8.72. The maximum atomic E-state index is 12.6. The van der Waals surface area contributed by atoms with Crippen molar-refractivity contribution in [2.24, 2.45) is 5.92 Å². The molecule has 2 aliphatic heterocycles. The van der Waals surface area contributed by atoms with Crippen molar-refractivity contribution in [3.05, 3.63) is 35.4 Å². The van der Waals surface area contributed by atoms with E-state index in [9.17, 15) is 4.79 Å². The normalized spacial score (nSPS) is 26.4. The molecule has 3 nitrogen and oxygen atoms in total. The maximum absolute atomic E-state index is 12.6. The van der Waals surface area contributed by atoms with Crippen molar-refractivity contribution in [1.82, 2.24) is 9.80 Å². The zero-order chi connectivity index (χ0) is 15.5. The van der Waals surface area contributed by atoms with Gasteiger partial charge >= 0.3 is 0 Å². The first-order chi connectivity index (χ1) is 10.6. The van der Waals surface area contributed by atoms with Gasteiger partial charge in [-0.05, 0) is 50.6 Å². The van der Waals surface area contributed by atoms with Crippen molar-refractivity contribution in [3.63, 3.8) is 0 Å². The number of carbonyl (C=O) groups excluding carboxylic acids is 1. The SMILES string of the molecule is Cc1cccc([C@H]2CCCN2CC(=O)N2CCC[C@@H](C)C2)c1. The average molecular weight is 300 g/mol. The van der Waals surface area contributed by atoms with E-state index in [0.29, 0.717) is 24.4 Å². The molecule has 0 aliphatic carbocycles. The van der Waals surface area contributed by atoms with Crippen LogP contribution in [0.5, 0.6) is 0 Å². The van der Waals surface area contributed by atoms with Crippen LogP contribution in [0.1, 0.15) is 49.8 Å². The van der Waals surface area contributed by atoms with Gasteiger partial charge in [0.2, 0.25) is 5.91 Å². The van der Waals surface area contributed by atoms with Crippen molar-refractivity contribution in [1.29, 1.82) is 0 Å². The fourth-order valence-corrected chi connectivity index (χ4v) is 3.96. The summed E-state index contributed by atoms with van der Waals surface area (Å²) in [6.07, 6.45) is 4.79. The number of aryl methyl sites for hydroxylation is 1. The molecule has 3 heteroatoms. The van der Waals surface area contributed by atoms with Gasteiger partial charge in [0.15, 0.2) is 0 Å². The molecular formula is C19H28N2O. The molecule has 22 heavy (non-hydrogen) atoms. The van der Waals surface area contributed by atoms with E-state index in [1.807, 2.05) is 0 Å². The summed E-state index contributed by atoms with van der Waals surface area (Å²) < 4.78 is 0. The number of benzene rings is 1. The van der Waals surface area contributed by atoms with Gasteiger partial charge in [0.25, 0.3) is 0 Å².